The average Bonchev–Trinajstić information content (AvgIpc) is 2.24. The fourth-order valence-electron chi connectivity index (χ4n) is 2.03. The zero-order valence-corrected chi connectivity index (χ0v) is 19.0. The van der Waals surface area contributed by atoms with Gasteiger partial charge in [-0.25, -0.2) is 4.39 Å². The average molecular weight is 344 g/mol. The van der Waals surface area contributed by atoms with E-state index < -0.39 is 25.9 Å². The van der Waals surface area contributed by atoms with E-state index in [4.69, 9.17) is 0 Å². The fraction of sp³-hybridized carbons (Fsp3) is 1.00. The maximum absolute atomic E-state index is 13.9. The van der Waals surface area contributed by atoms with E-state index in [1.54, 1.807) is 6.92 Å². The normalized spacial score (nSPS) is 24.8. The molecule has 0 bridgehead atoms. The first-order chi connectivity index (χ1) is 8.17. The van der Waals surface area contributed by atoms with Gasteiger partial charge in [0.1, 0.15) is 0 Å². The summed E-state index contributed by atoms with van der Waals surface area (Å²) in [6, 6.07) is -4.11. The van der Waals surface area contributed by atoms with Crippen LogP contribution in [0.1, 0.15) is 20.8 Å². The molecule has 4 nitrogen and oxygen atoms in total. The zero-order valence-electron chi connectivity index (χ0n) is 12.8. The summed E-state index contributed by atoms with van der Waals surface area (Å²) in [5.41, 5.74) is 0. The second kappa shape index (κ2) is 10.8. The van der Waals surface area contributed by atoms with Crippen molar-refractivity contribution >= 4 is 7.12 Å². The predicted molar refractivity (Wildman–Crippen MR) is 58.2 cm³/mol. The van der Waals surface area contributed by atoms with Crippen LogP contribution >= 0.6 is 0 Å². The molecule has 0 aromatic heterocycles. The SMILES string of the molecule is CC(C)C(C)N1CCN(CB([O-])[O-])C(F)(F)C1F.[K+].[K+]. The monoisotopic (exact) mass is 344 g/mol. The van der Waals surface area contributed by atoms with E-state index >= 15 is 0 Å². The molecule has 1 aliphatic heterocycles. The Morgan fingerprint density at radius 2 is 1.70 bits per heavy atom. The number of nitrogens with zero attached hydrogens (tertiary/aromatic N) is 2. The van der Waals surface area contributed by atoms with Crippen molar-refractivity contribution in [1.82, 2.24) is 9.80 Å². The summed E-state index contributed by atoms with van der Waals surface area (Å²) in [6.07, 6.45) is -3.36. The number of hydrogen-bond donors (Lipinski definition) is 0. The molecule has 106 valence electrons. The predicted octanol–water partition coefficient (Wildman–Crippen LogP) is -6.71. The molecule has 0 amide bonds. The minimum Gasteiger partial charge on any atom is -0.892 e. The van der Waals surface area contributed by atoms with Gasteiger partial charge in [-0.3, -0.25) is 9.80 Å². The summed E-state index contributed by atoms with van der Waals surface area (Å²) in [7, 11) is -2.39. The third-order valence-electron chi connectivity index (χ3n) is 3.48. The Labute approximate surface area is 203 Å². The molecule has 0 aromatic rings. The van der Waals surface area contributed by atoms with Crippen LogP contribution in [0.5, 0.6) is 0 Å². The van der Waals surface area contributed by atoms with Gasteiger partial charge < -0.3 is 10.0 Å². The fourth-order valence-corrected chi connectivity index (χ4v) is 2.03. The molecule has 2 atom stereocenters. The number of piperazine rings is 1. The Kier molecular flexibility index (Phi) is 13.6. The van der Waals surface area contributed by atoms with Gasteiger partial charge in [-0.05, 0) is 12.8 Å². The van der Waals surface area contributed by atoms with E-state index in [-0.39, 0.29) is 128 Å². The molecule has 0 aliphatic carbocycles. The Balaban J connectivity index is 0. The van der Waals surface area contributed by atoms with Gasteiger partial charge >= 0.3 is 109 Å². The Morgan fingerprint density at radius 1 is 1.20 bits per heavy atom. The summed E-state index contributed by atoms with van der Waals surface area (Å²) in [6.45, 7) is 5.25. The summed E-state index contributed by atoms with van der Waals surface area (Å²) in [5, 5.41) is 20.9. The number of alkyl halides is 3. The molecule has 1 saturated heterocycles. The molecule has 0 spiro atoms. The van der Waals surface area contributed by atoms with Crippen molar-refractivity contribution in [2.45, 2.75) is 39.2 Å². The summed E-state index contributed by atoms with van der Waals surface area (Å²) in [4.78, 5) is 1.44. The van der Waals surface area contributed by atoms with Gasteiger partial charge in [0.15, 0.2) is 0 Å². The van der Waals surface area contributed by atoms with E-state index in [1.165, 1.54) is 0 Å². The van der Waals surface area contributed by atoms with Crippen LogP contribution in [0.2, 0.25) is 0 Å². The Bertz CT molecular complexity index is 291. The van der Waals surface area contributed by atoms with Crippen molar-refractivity contribution in [2.24, 2.45) is 5.92 Å². The molecule has 1 fully saturated rings. The zero-order chi connectivity index (χ0) is 14.1. The molecule has 0 saturated carbocycles. The molecule has 0 aromatic carbocycles. The smallest absolute Gasteiger partial charge is 0.892 e. The van der Waals surface area contributed by atoms with Crippen molar-refractivity contribution in [3.8, 4) is 0 Å². The van der Waals surface area contributed by atoms with Gasteiger partial charge in [0, 0.05) is 19.1 Å². The summed E-state index contributed by atoms with van der Waals surface area (Å²) >= 11 is 0. The first-order valence-electron chi connectivity index (χ1n) is 6.02. The van der Waals surface area contributed by atoms with Gasteiger partial charge in [0.2, 0.25) is 6.30 Å². The third kappa shape index (κ3) is 6.46. The van der Waals surface area contributed by atoms with Crippen molar-refractivity contribution in [1.29, 1.82) is 0 Å². The van der Waals surface area contributed by atoms with Crippen LogP contribution in [0.3, 0.4) is 0 Å². The van der Waals surface area contributed by atoms with Gasteiger partial charge in [0.25, 0.3) is 0 Å². The van der Waals surface area contributed by atoms with E-state index in [9.17, 15) is 23.2 Å². The van der Waals surface area contributed by atoms with Crippen molar-refractivity contribution < 1.29 is 126 Å². The van der Waals surface area contributed by atoms with Crippen LogP contribution in [-0.2, 0) is 0 Å². The van der Waals surface area contributed by atoms with Crippen LogP contribution < -0.4 is 113 Å². The Hall–Kier alpha value is 2.97. The number of rotatable bonds is 4. The van der Waals surface area contributed by atoms with Crippen molar-refractivity contribution in [3.05, 3.63) is 0 Å². The molecular weight excluding hydrogens is 326 g/mol. The van der Waals surface area contributed by atoms with Gasteiger partial charge in [-0.15, -0.1) is 0 Å². The van der Waals surface area contributed by atoms with Gasteiger partial charge in [-0.1, -0.05) is 27.4 Å². The van der Waals surface area contributed by atoms with Crippen molar-refractivity contribution in [3.63, 3.8) is 0 Å². The molecule has 10 heteroatoms. The summed E-state index contributed by atoms with van der Waals surface area (Å²) in [5.74, 6) is 0.0392. The minimum absolute atomic E-state index is 0. The molecule has 20 heavy (non-hydrogen) atoms. The minimum atomic E-state index is -3.78. The molecule has 1 heterocycles. The molecule has 2 unspecified atom stereocenters. The number of hydrogen-bond acceptors (Lipinski definition) is 4. The van der Waals surface area contributed by atoms with Crippen LogP contribution in [0.15, 0.2) is 0 Å². The topological polar surface area (TPSA) is 52.6 Å². The number of halogens is 3. The molecule has 1 rings (SSSR count). The Morgan fingerprint density at radius 3 is 2.10 bits per heavy atom. The molecule has 0 N–H and O–H groups in total. The van der Waals surface area contributed by atoms with Crippen molar-refractivity contribution in [2.75, 3.05) is 19.5 Å². The maximum atomic E-state index is 13.9. The van der Waals surface area contributed by atoms with Crippen LogP contribution in [0.25, 0.3) is 0 Å². The molecule has 1 aliphatic rings. The largest absolute Gasteiger partial charge is 1.00 e. The van der Waals surface area contributed by atoms with E-state index in [2.05, 4.69) is 0 Å². The maximum Gasteiger partial charge on any atom is 1.00 e. The van der Waals surface area contributed by atoms with Gasteiger partial charge in [-0.2, -0.15) is 8.78 Å². The standard InChI is InChI=1S/C10H18BF3N2O2.2K/c1-7(2)8(3)16-5-4-15(6-11(17)18)10(13,14)9(16)12;;/h7-9H,4-6H2,1-3H3;;/q-2;2*+1. The quantitative estimate of drug-likeness (QED) is 0.376. The summed E-state index contributed by atoms with van der Waals surface area (Å²) < 4.78 is 41.3. The third-order valence-corrected chi connectivity index (χ3v) is 3.48. The first-order valence-corrected chi connectivity index (χ1v) is 6.02. The second-order valence-corrected chi connectivity index (χ2v) is 5.02. The van der Waals surface area contributed by atoms with Crippen LogP contribution in [0.4, 0.5) is 13.2 Å². The molecule has 0 radical (unpaired) electrons. The first kappa shape index (κ1) is 25.2. The van der Waals surface area contributed by atoms with Crippen LogP contribution in [-0.4, -0.2) is 54.8 Å². The van der Waals surface area contributed by atoms with Gasteiger partial charge in [0.05, 0.1) is 0 Å². The molecular formula is C10H18BF3K2N2O2. The van der Waals surface area contributed by atoms with E-state index in [1.807, 2.05) is 13.8 Å². The van der Waals surface area contributed by atoms with E-state index in [0.717, 1.165) is 4.90 Å². The van der Waals surface area contributed by atoms with Crippen LogP contribution in [0, 0.1) is 5.92 Å². The second-order valence-electron chi connectivity index (χ2n) is 5.02. The van der Waals surface area contributed by atoms with E-state index in [0.29, 0.717) is 4.90 Å².